The number of unbranched alkanes of at least 4 members (excludes halogenated alkanes) is 3. The van der Waals surface area contributed by atoms with Crippen molar-refractivity contribution >= 4 is 15.9 Å². The first-order valence-electron chi connectivity index (χ1n) is 6.04. The van der Waals surface area contributed by atoms with Gasteiger partial charge in [0.05, 0.1) is 0 Å². The highest BCUT2D eigenvalue weighted by molar-refractivity contribution is 9.09. The lowest BCUT2D eigenvalue weighted by molar-refractivity contribution is 0.321. The van der Waals surface area contributed by atoms with E-state index in [0.29, 0.717) is 0 Å². The summed E-state index contributed by atoms with van der Waals surface area (Å²) in [6.45, 7) is 12.4. The van der Waals surface area contributed by atoms with Gasteiger partial charge in [0, 0.05) is 5.33 Å². The minimum absolute atomic E-state index is 1.17. The molecule has 0 aromatic rings. The van der Waals surface area contributed by atoms with E-state index in [4.69, 9.17) is 0 Å². The van der Waals surface area contributed by atoms with E-state index in [1.54, 1.807) is 0 Å². The number of rotatable bonds is 7. The van der Waals surface area contributed by atoms with Crippen LogP contribution in [0, 0.1) is 0 Å². The summed E-state index contributed by atoms with van der Waals surface area (Å²) in [7, 11) is 0. The Morgan fingerprint density at radius 3 is 1.50 bits per heavy atom. The van der Waals surface area contributed by atoms with Gasteiger partial charge < -0.3 is 4.90 Å². The van der Waals surface area contributed by atoms with Crippen LogP contribution in [0.1, 0.15) is 53.4 Å². The predicted molar refractivity (Wildman–Crippen MR) is 71.4 cm³/mol. The van der Waals surface area contributed by atoms with E-state index in [9.17, 15) is 0 Å². The Labute approximate surface area is 99.4 Å². The molecule has 0 saturated carbocycles. The summed E-state index contributed by atoms with van der Waals surface area (Å²) < 4.78 is 0. The number of hydrogen-bond acceptors (Lipinski definition) is 1. The van der Waals surface area contributed by atoms with Crippen LogP contribution in [0.2, 0.25) is 0 Å². The molecule has 0 saturated heterocycles. The lowest BCUT2D eigenvalue weighted by atomic mass is 10.2. The standard InChI is InChI=1S/C6H13Br.C6H15N/c1-2-3-4-5-6-7;1-4-7(5-2)6-3/h2-6H2,1H3;4-6H2,1-3H3. The molecule has 88 valence electrons. The molecule has 0 bridgehead atoms. The van der Waals surface area contributed by atoms with Crippen LogP contribution in [-0.2, 0) is 0 Å². The molecule has 0 fully saturated rings. The smallest absolute Gasteiger partial charge is 0.00313 e. The fourth-order valence-electron chi connectivity index (χ4n) is 1.19. The second-order valence-electron chi connectivity index (χ2n) is 3.37. The predicted octanol–water partition coefficient (Wildman–Crippen LogP) is 4.31. The Hall–Kier alpha value is 0.440. The zero-order valence-electron chi connectivity index (χ0n) is 10.5. The van der Waals surface area contributed by atoms with E-state index in [0.717, 1.165) is 0 Å². The highest BCUT2D eigenvalue weighted by atomic mass is 79.9. The molecule has 0 spiro atoms. The van der Waals surface area contributed by atoms with E-state index in [2.05, 4.69) is 48.5 Å². The average molecular weight is 266 g/mol. The number of halogens is 1. The van der Waals surface area contributed by atoms with Crippen molar-refractivity contribution in [3.05, 3.63) is 0 Å². The number of alkyl halides is 1. The molecule has 0 amide bonds. The third kappa shape index (κ3) is 14.9. The Morgan fingerprint density at radius 2 is 1.29 bits per heavy atom. The summed E-state index contributed by atoms with van der Waals surface area (Å²) in [5.74, 6) is 0. The van der Waals surface area contributed by atoms with Crippen LogP contribution < -0.4 is 0 Å². The highest BCUT2D eigenvalue weighted by Crippen LogP contribution is 1.99. The minimum Gasteiger partial charge on any atom is -0.304 e. The first-order chi connectivity index (χ1) is 6.76. The van der Waals surface area contributed by atoms with E-state index in [1.807, 2.05) is 0 Å². The Morgan fingerprint density at radius 1 is 0.786 bits per heavy atom. The lowest BCUT2D eigenvalue weighted by Crippen LogP contribution is -2.21. The SMILES string of the molecule is CCCCCCBr.CCN(CC)CC. The quantitative estimate of drug-likeness (QED) is 0.490. The maximum absolute atomic E-state index is 3.38. The molecule has 0 atom stereocenters. The van der Waals surface area contributed by atoms with Crippen LogP contribution in [0.25, 0.3) is 0 Å². The normalized spacial score (nSPS) is 9.86. The van der Waals surface area contributed by atoms with E-state index in [1.165, 1.54) is 50.6 Å². The van der Waals surface area contributed by atoms with Gasteiger partial charge in [-0.3, -0.25) is 0 Å². The van der Waals surface area contributed by atoms with Crippen molar-refractivity contribution in [1.82, 2.24) is 4.90 Å². The van der Waals surface area contributed by atoms with Crippen LogP contribution in [0.3, 0.4) is 0 Å². The van der Waals surface area contributed by atoms with Gasteiger partial charge in [-0.2, -0.15) is 0 Å². The molecular formula is C12H28BrN. The second kappa shape index (κ2) is 15.9. The monoisotopic (exact) mass is 265 g/mol. The molecule has 0 aliphatic rings. The van der Waals surface area contributed by atoms with Crippen molar-refractivity contribution in [2.45, 2.75) is 53.4 Å². The van der Waals surface area contributed by atoms with Crippen LogP contribution in [0.15, 0.2) is 0 Å². The van der Waals surface area contributed by atoms with Gasteiger partial charge in [-0.05, 0) is 26.1 Å². The maximum atomic E-state index is 3.38. The van der Waals surface area contributed by atoms with E-state index >= 15 is 0 Å². The van der Waals surface area contributed by atoms with Crippen LogP contribution in [-0.4, -0.2) is 29.9 Å². The molecule has 0 aliphatic heterocycles. The van der Waals surface area contributed by atoms with E-state index in [-0.39, 0.29) is 0 Å². The zero-order valence-corrected chi connectivity index (χ0v) is 12.1. The second-order valence-corrected chi connectivity index (χ2v) is 4.16. The van der Waals surface area contributed by atoms with Crippen molar-refractivity contribution in [2.24, 2.45) is 0 Å². The summed E-state index contributed by atoms with van der Waals surface area (Å²) in [5, 5.41) is 1.17. The molecule has 0 unspecified atom stereocenters. The summed E-state index contributed by atoms with van der Waals surface area (Å²) in [5.41, 5.74) is 0. The molecule has 0 N–H and O–H groups in total. The maximum Gasteiger partial charge on any atom is 0.00313 e. The largest absolute Gasteiger partial charge is 0.304 e. The molecule has 0 heterocycles. The summed E-state index contributed by atoms with van der Waals surface area (Å²) in [6.07, 6.45) is 5.47. The van der Waals surface area contributed by atoms with Crippen molar-refractivity contribution in [1.29, 1.82) is 0 Å². The van der Waals surface area contributed by atoms with Gasteiger partial charge in [0.1, 0.15) is 0 Å². The summed E-state index contributed by atoms with van der Waals surface area (Å²) in [6, 6.07) is 0. The highest BCUT2D eigenvalue weighted by Gasteiger charge is 1.89. The van der Waals surface area contributed by atoms with Crippen molar-refractivity contribution in [3.8, 4) is 0 Å². The molecule has 2 heteroatoms. The van der Waals surface area contributed by atoms with Gasteiger partial charge in [0.25, 0.3) is 0 Å². The molecule has 1 nitrogen and oxygen atoms in total. The van der Waals surface area contributed by atoms with E-state index < -0.39 is 0 Å². The van der Waals surface area contributed by atoms with Gasteiger partial charge in [-0.15, -0.1) is 0 Å². The zero-order chi connectivity index (χ0) is 11.2. The van der Waals surface area contributed by atoms with Crippen molar-refractivity contribution in [2.75, 3.05) is 25.0 Å². The van der Waals surface area contributed by atoms with Gasteiger partial charge in [0.15, 0.2) is 0 Å². The Balaban J connectivity index is 0. The molecule has 0 rings (SSSR count). The van der Waals surface area contributed by atoms with Gasteiger partial charge in [0.2, 0.25) is 0 Å². The topological polar surface area (TPSA) is 3.24 Å². The molecular weight excluding hydrogens is 238 g/mol. The summed E-state index contributed by atoms with van der Waals surface area (Å²) >= 11 is 3.38. The van der Waals surface area contributed by atoms with Crippen LogP contribution in [0.5, 0.6) is 0 Å². The number of hydrogen-bond donors (Lipinski definition) is 0. The number of nitrogens with zero attached hydrogens (tertiary/aromatic N) is 1. The fourth-order valence-corrected chi connectivity index (χ4v) is 1.59. The minimum atomic E-state index is 1.17. The molecule has 0 aromatic heterocycles. The van der Waals surface area contributed by atoms with Gasteiger partial charge in [-0.25, -0.2) is 0 Å². The average Bonchev–Trinajstić information content (AvgIpc) is 2.22. The van der Waals surface area contributed by atoms with Crippen molar-refractivity contribution < 1.29 is 0 Å². The fraction of sp³-hybridized carbons (Fsp3) is 1.00. The van der Waals surface area contributed by atoms with Gasteiger partial charge >= 0.3 is 0 Å². The molecule has 14 heavy (non-hydrogen) atoms. The lowest BCUT2D eigenvalue weighted by Gasteiger charge is -2.13. The first kappa shape index (κ1) is 16.9. The van der Waals surface area contributed by atoms with Crippen molar-refractivity contribution in [3.63, 3.8) is 0 Å². The third-order valence-corrected chi connectivity index (χ3v) is 2.89. The Bertz CT molecular complexity index is 72.9. The first-order valence-corrected chi connectivity index (χ1v) is 7.17. The Kier molecular flexibility index (Phi) is 19.1. The molecule has 0 radical (unpaired) electrons. The third-order valence-electron chi connectivity index (χ3n) is 2.33. The molecule has 0 aromatic carbocycles. The van der Waals surface area contributed by atoms with Crippen LogP contribution in [0.4, 0.5) is 0 Å². The summed E-state index contributed by atoms with van der Waals surface area (Å²) in [4.78, 5) is 2.38. The van der Waals surface area contributed by atoms with Crippen LogP contribution >= 0.6 is 15.9 Å². The molecule has 0 aliphatic carbocycles. The van der Waals surface area contributed by atoms with Gasteiger partial charge in [-0.1, -0.05) is 62.9 Å².